The van der Waals surface area contributed by atoms with E-state index in [1.165, 1.54) is 0 Å². The van der Waals surface area contributed by atoms with Gasteiger partial charge < -0.3 is 14.4 Å². The van der Waals surface area contributed by atoms with Crippen LogP contribution in [0, 0.1) is 5.92 Å². The smallest absolute Gasteiger partial charge is 0.410 e. The summed E-state index contributed by atoms with van der Waals surface area (Å²) in [6.07, 6.45) is 3.54. The monoisotopic (exact) mass is 351 g/mol. The molecule has 1 rings (SSSR count). The maximum absolute atomic E-state index is 11.9. The number of rotatable bonds is 7. The Bertz CT molecular complexity index is 463. The third kappa shape index (κ3) is 9.78. The van der Waals surface area contributed by atoms with E-state index in [1.807, 2.05) is 20.8 Å². The van der Waals surface area contributed by atoms with Crippen LogP contribution in [0.1, 0.15) is 40.0 Å². The van der Waals surface area contributed by atoms with Gasteiger partial charge in [-0.2, -0.15) is 8.42 Å². The Kier molecular flexibility index (Phi) is 7.76. The Balaban J connectivity index is 2.11. The number of hydrogen-bond acceptors (Lipinski definition) is 6. The summed E-state index contributed by atoms with van der Waals surface area (Å²) in [5.74, 6) is 0.518. The van der Waals surface area contributed by atoms with Gasteiger partial charge in [0.05, 0.1) is 19.5 Å². The summed E-state index contributed by atoms with van der Waals surface area (Å²) in [7, 11) is -3.39. The number of carbonyl (C=O) groups is 1. The second-order valence-corrected chi connectivity index (χ2v) is 8.48. The minimum absolute atomic E-state index is 0.0515. The van der Waals surface area contributed by atoms with Gasteiger partial charge in [-0.25, -0.2) is 4.79 Å². The third-order valence-corrected chi connectivity index (χ3v) is 4.06. The zero-order chi connectivity index (χ0) is 17.5. The first-order valence-corrected chi connectivity index (χ1v) is 9.78. The van der Waals surface area contributed by atoms with Crippen LogP contribution < -0.4 is 0 Å². The predicted molar refractivity (Wildman–Crippen MR) is 86.8 cm³/mol. The molecule has 136 valence electrons. The van der Waals surface area contributed by atoms with E-state index >= 15 is 0 Å². The molecule has 0 spiro atoms. The standard InChI is InChI=1S/C15H29NO6S/c1-15(2,3)22-14(17)16-8-5-13(6-9-16)7-10-20-11-12-21-23(4,18)19/h13H,5-12H2,1-4H3. The fourth-order valence-electron chi connectivity index (χ4n) is 2.33. The highest BCUT2D eigenvalue weighted by Crippen LogP contribution is 2.22. The first-order chi connectivity index (χ1) is 10.6. The summed E-state index contributed by atoms with van der Waals surface area (Å²) in [6, 6.07) is 0. The lowest BCUT2D eigenvalue weighted by molar-refractivity contribution is 0.0163. The summed E-state index contributed by atoms with van der Waals surface area (Å²) in [6.45, 7) is 7.89. The van der Waals surface area contributed by atoms with Gasteiger partial charge in [0.1, 0.15) is 5.60 Å². The molecular weight excluding hydrogens is 322 g/mol. The van der Waals surface area contributed by atoms with Crippen molar-refractivity contribution >= 4 is 16.2 Å². The van der Waals surface area contributed by atoms with Crippen LogP contribution in [0.5, 0.6) is 0 Å². The topological polar surface area (TPSA) is 82.1 Å². The molecular formula is C15H29NO6S. The lowest BCUT2D eigenvalue weighted by Crippen LogP contribution is -2.41. The van der Waals surface area contributed by atoms with Crippen molar-refractivity contribution in [1.82, 2.24) is 4.90 Å². The SMILES string of the molecule is CC(C)(C)OC(=O)N1CCC(CCOCCOS(C)(=O)=O)CC1. The maximum atomic E-state index is 11.9. The minimum Gasteiger partial charge on any atom is -0.444 e. The number of piperidine rings is 1. The third-order valence-electron chi connectivity index (χ3n) is 3.46. The van der Waals surface area contributed by atoms with E-state index < -0.39 is 15.7 Å². The van der Waals surface area contributed by atoms with Crippen LogP contribution in [0.3, 0.4) is 0 Å². The predicted octanol–water partition coefficient (Wildman–Crippen LogP) is 2.02. The van der Waals surface area contributed by atoms with E-state index in [-0.39, 0.29) is 19.3 Å². The van der Waals surface area contributed by atoms with Gasteiger partial charge in [-0.05, 0) is 46.0 Å². The van der Waals surface area contributed by atoms with E-state index in [0.717, 1.165) is 25.5 Å². The van der Waals surface area contributed by atoms with Crippen LogP contribution in [0.4, 0.5) is 4.79 Å². The van der Waals surface area contributed by atoms with Gasteiger partial charge in [-0.3, -0.25) is 4.18 Å². The summed E-state index contributed by atoms with van der Waals surface area (Å²) in [4.78, 5) is 13.7. The van der Waals surface area contributed by atoms with Crippen molar-refractivity contribution in [3.8, 4) is 0 Å². The van der Waals surface area contributed by atoms with Gasteiger partial charge in [0.25, 0.3) is 10.1 Å². The van der Waals surface area contributed by atoms with Crippen LogP contribution >= 0.6 is 0 Å². The van der Waals surface area contributed by atoms with Crippen LogP contribution in [-0.4, -0.2) is 64.2 Å². The molecule has 0 unspecified atom stereocenters. The van der Waals surface area contributed by atoms with Crippen molar-refractivity contribution in [2.75, 3.05) is 39.2 Å². The van der Waals surface area contributed by atoms with Crippen LogP contribution in [0.15, 0.2) is 0 Å². The van der Waals surface area contributed by atoms with E-state index in [0.29, 0.717) is 25.6 Å². The summed E-state index contributed by atoms with van der Waals surface area (Å²) >= 11 is 0. The molecule has 1 aliphatic heterocycles. The molecule has 1 heterocycles. The Morgan fingerprint density at radius 2 is 1.74 bits per heavy atom. The molecule has 1 fully saturated rings. The van der Waals surface area contributed by atoms with Crippen molar-refractivity contribution in [3.05, 3.63) is 0 Å². The first-order valence-electron chi connectivity index (χ1n) is 7.97. The van der Waals surface area contributed by atoms with Gasteiger partial charge in [-0.1, -0.05) is 0 Å². The Hall–Kier alpha value is -0.860. The molecule has 1 aliphatic rings. The molecule has 0 aromatic heterocycles. The molecule has 8 heteroatoms. The highest BCUT2D eigenvalue weighted by atomic mass is 32.2. The molecule has 1 saturated heterocycles. The fraction of sp³-hybridized carbons (Fsp3) is 0.933. The highest BCUT2D eigenvalue weighted by Gasteiger charge is 2.26. The quantitative estimate of drug-likeness (QED) is 0.515. The molecule has 0 aromatic rings. The normalized spacial score (nSPS) is 17.3. The lowest BCUT2D eigenvalue weighted by atomic mass is 9.94. The number of amides is 1. The van der Waals surface area contributed by atoms with Crippen molar-refractivity contribution < 1.29 is 26.9 Å². The van der Waals surface area contributed by atoms with Gasteiger partial charge in [0, 0.05) is 19.7 Å². The molecule has 1 amide bonds. The molecule has 0 saturated carbocycles. The van der Waals surface area contributed by atoms with Crippen molar-refractivity contribution in [3.63, 3.8) is 0 Å². The van der Waals surface area contributed by atoms with E-state index in [4.69, 9.17) is 9.47 Å². The van der Waals surface area contributed by atoms with Gasteiger partial charge in [-0.15, -0.1) is 0 Å². The van der Waals surface area contributed by atoms with Crippen molar-refractivity contribution in [2.24, 2.45) is 5.92 Å². The number of ether oxygens (including phenoxy) is 2. The molecule has 7 nitrogen and oxygen atoms in total. The first kappa shape index (κ1) is 20.2. The van der Waals surface area contributed by atoms with Crippen LogP contribution in [-0.2, 0) is 23.8 Å². The molecule has 0 bridgehead atoms. The van der Waals surface area contributed by atoms with E-state index in [2.05, 4.69) is 4.18 Å². The fourth-order valence-corrected chi connectivity index (χ4v) is 2.70. The van der Waals surface area contributed by atoms with E-state index in [1.54, 1.807) is 4.90 Å². The maximum Gasteiger partial charge on any atom is 0.410 e. The highest BCUT2D eigenvalue weighted by molar-refractivity contribution is 7.85. The van der Waals surface area contributed by atoms with Crippen molar-refractivity contribution in [1.29, 1.82) is 0 Å². The molecule has 23 heavy (non-hydrogen) atoms. The lowest BCUT2D eigenvalue weighted by Gasteiger charge is -2.33. The van der Waals surface area contributed by atoms with E-state index in [9.17, 15) is 13.2 Å². The van der Waals surface area contributed by atoms with Crippen LogP contribution in [0.25, 0.3) is 0 Å². The molecule has 0 aliphatic carbocycles. The molecule has 0 atom stereocenters. The largest absolute Gasteiger partial charge is 0.444 e. The average molecular weight is 351 g/mol. The van der Waals surface area contributed by atoms with Crippen LogP contribution in [0.2, 0.25) is 0 Å². The summed E-state index contributed by atoms with van der Waals surface area (Å²) in [5.41, 5.74) is -0.462. The number of carbonyl (C=O) groups excluding carboxylic acids is 1. The van der Waals surface area contributed by atoms with Crippen molar-refractivity contribution in [2.45, 2.75) is 45.6 Å². The Morgan fingerprint density at radius 3 is 2.26 bits per heavy atom. The van der Waals surface area contributed by atoms with Gasteiger partial charge in [0.15, 0.2) is 0 Å². The average Bonchev–Trinajstić information content (AvgIpc) is 2.40. The molecule has 0 radical (unpaired) electrons. The zero-order valence-corrected chi connectivity index (χ0v) is 15.4. The van der Waals surface area contributed by atoms with Gasteiger partial charge >= 0.3 is 6.09 Å². The number of likely N-dealkylation sites (tertiary alicyclic amines) is 1. The Labute approximate surface area is 139 Å². The molecule has 0 aromatic carbocycles. The van der Waals surface area contributed by atoms with Gasteiger partial charge in [0.2, 0.25) is 0 Å². The molecule has 0 N–H and O–H groups in total. The second-order valence-electron chi connectivity index (χ2n) is 6.84. The zero-order valence-electron chi connectivity index (χ0n) is 14.5. The minimum atomic E-state index is -3.39. The number of hydrogen-bond donors (Lipinski definition) is 0. The Morgan fingerprint density at radius 1 is 1.13 bits per heavy atom. The second kappa shape index (κ2) is 8.84. The summed E-state index contributed by atoms with van der Waals surface area (Å²) < 4.78 is 36.9. The number of nitrogens with zero attached hydrogens (tertiary/aromatic N) is 1. The summed E-state index contributed by atoms with van der Waals surface area (Å²) in [5, 5.41) is 0.